The maximum absolute atomic E-state index is 11.7. The molecule has 0 saturated heterocycles. The predicted octanol–water partition coefficient (Wildman–Crippen LogP) is 2.99. The molecule has 84 valence electrons. The molecule has 15 heavy (non-hydrogen) atoms. The highest BCUT2D eigenvalue weighted by molar-refractivity contribution is 9.10. The minimum atomic E-state index is -4.64. The van der Waals surface area contributed by atoms with Crippen LogP contribution in [0.2, 0.25) is 0 Å². The molecule has 0 amide bonds. The molecule has 1 aromatic rings. The van der Waals surface area contributed by atoms with Gasteiger partial charge >= 0.3 is 6.36 Å². The van der Waals surface area contributed by atoms with E-state index < -0.39 is 19.0 Å². The third-order valence-corrected chi connectivity index (χ3v) is 2.45. The van der Waals surface area contributed by atoms with Crippen LogP contribution in [0.5, 0.6) is 0 Å². The van der Waals surface area contributed by atoms with E-state index in [1.165, 1.54) is 0 Å². The number of nitrogens with two attached hydrogens (primary N) is 1. The summed E-state index contributed by atoms with van der Waals surface area (Å²) in [6.45, 7) is -0.591. The maximum Gasteiger partial charge on any atom is 0.522 e. The second-order valence-electron chi connectivity index (χ2n) is 2.88. The van der Waals surface area contributed by atoms with Crippen molar-refractivity contribution < 1.29 is 17.9 Å². The van der Waals surface area contributed by atoms with Gasteiger partial charge in [0, 0.05) is 4.47 Å². The van der Waals surface area contributed by atoms with Gasteiger partial charge in [-0.15, -0.1) is 13.2 Å². The van der Waals surface area contributed by atoms with E-state index in [-0.39, 0.29) is 0 Å². The number of ether oxygens (including phenoxy) is 1. The minimum absolute atomic E-state index is 0.585. The van der Waals surface area contributed by atoms with Gasteiger partial charge in [-0.3, -0.25) is 4.74 Å². The lowest BCUT2D eigenvalue weighted by atomic mass is 10.1. The van der Waals surface area contributed by atoms with Crippen molar-refractivity contribution >= 4 is 15.9 Å². The minimum Gasteiger partial charge on any atom is -0.322 e. The highest BCUT2D eigenvalue weighted by atomic mass is 79.9. The molecule has 1 aromatic carbocycles. The molecule has 0 aliphatic heterocycles. The van der Waals surface area contributed by atoms with Crippen molar-refractivity contribution in [2.75, 3.05) is 6.61 Å². The molecule has 0 unspecified atom stereocenters. The summed E-state index contributed by atoms with van der Waals surface area (Å²) in [6, 6.07) is 6.01. The Bertz CT molecular complexity index is 329. The van der Waals surface area contributed by atoms with Gasteiger partial charge in [-0.2, -0.15) is 0 Å². The fourth-order valence-corrected chi connectivity index (χ4v) is 1.63. The van der Waals surface area contributed by atoms with E-state index in [1.54, 1.807) is 24.3 Å². The third-order valence-electron chi connectivity index (χ3n) is 1.73. The van der Waals surface area contributed by atoms with Gasteiger partial charge in [0.15, 0.2) is 0 Å². The number of hydrogen-bond donors (Lipinski definition) is 1. The summed E-state index contributed by atoms with van der Waals surface area (Å²) in [5, 5.41) is 0. The summed E-state index contributed by atoms with van der Waals surface area (Å²) in [6.07, 6.45) is -4.64. The van der Waals surface area contributed by atoms with Crippen molar-refractivity contribution in [3.05, 3.63) is 34.3 Å². The van der Waals surface area contributed by atoms with Crippen molar-refractivity contribution in [3.63, 3.8) is 0 Å². The average molecular weight is 284 g/mol. The van der Waals surface area contributed by atoms with Gasteiger partial charge in [0.1, 0.15) is 0 Å². The molecule has 0 saturated carbocycles. The van der Waals surface area contributed by atoms with Crippen LogP contribution in [0, 0.1) is 0 Å². The highest BCUT2D eigenvalue weighted by Gasteiger charge is 2.30. The zero-order valence-electron chi connectivity index (χ0n) is 7.59. The highest BCUT2D eigenvalue weighted by Crippen LogP contribution is 2.24. The van der Waals surface area contributed by atoms with E-state index in [0.29, 0.717) is 10.0 Å². The molecule has 1 rings (SSSR count). The molecule has 0 aromatic heterocycles. The van der Waals surface area contributed by atoms with E-state index in [1.807, 2.05) is 0 Å². The second-order valence-corrected chi connectivity index (χ2v) is 3.74. The van der Waals surface area contributed by atoms with Crippen LogP contribution in [-0.2, 0) is 4.74 Å². The zero-order valence-corrected chi connectivity index (χ0v) is 9.18. The smallest absolute Gasteiger partial charge is 0.322 e. The molecular formula is C9H9BrF3NO. The first-order valence-electron chi connectivity index (χ1n) is 4.11. The SMILES string of the molecule is N[C@@H](COC(F)(F)F)c1ccccc1Br. The quantitative estimate of drug-likeness (QED) is 0.926. The number of benzene rings is 1. The standard InChI is InChI=1S/C9H9BrF3NO/c10-7-4-2-1-3-6(7)8(14)5-15-9(11,12)13/h1-4,8H,5,14H2/t8-/m0/s1. The Hall–Kier alpha value is -0.590. The topological polar surface area (TPSA) is 35.2 Å². The van der Waals surface area contributed by atoms with Gasteiger partial charge in [-0.05, 0) is 11.6 Å². The largest absolute Gasteiger partial charge is 0.522 e. The van der Waals surface area contributed by atoms with Crippen LogP contribution in [0.25, 0.3) is 0 Å². The lowest BCUT2D eigenvalue weighted by Gasteiger charge is -2.15. The van der Waals surface area contributed by atoms with E-state index in [2.05, 4.69) is 20.7 Å². The lowest BCUT2D eigenvalue weighted by molar-refractivity contribution is -0.326. The third kappa shape index (κ3) is 4.19. The molecule has 0 spiro atoms. The Morgan fingerprint density at radius 1 is 1.33 bits per heavy atom. The van der Waals surface area contributed by atoms with Gasteiger partial charge in [0.25, 0.3) is 0 Å². The van der Waals surface area contributed by atoms with Gasteiger partial charge in [-0.25, -0.2) is 0 Å². The van der Waals surface area contributed by atoms with Crippen LogP contribution in [0.15, 0.2) is 28.7 Å². The van der Waals surface area contributed by atoms with E-state index in [9.17, 15) is 13.2 Å². The molecule has 2 N–H and O–H groups in total. The molecule has 0 aliphatic carbocycles. The number of hydrogen-bond acceptors (Lipinski definition) is 2. The van der Waals surface area contributed by atoms with Crippen LogP contribution < -0.4 is 5.73 Å². The molecule has 0 fully saturated rings. The Balaban J connectivity index is 2.62. The fraction of sp³-hybridized carbons (Fsp3) is 0.333. The maximum atomic E-state index is 11.7. The summed E-state index contributed by atoms with van der Waals surface area (Å²) in [5.41, 5.74) is 6.13. The normalized spacial score (nSPS) is 13.9. The molecule has 0 aliphatic rings. The van der Waals surface area contributed by atoms with E-state index in [4.69, 9.17) is 5.73 Å². The monoisotopic (exact) mass is 283 g/mol. The average Bonchev–Trinajstić information content (AvgIpc) is 2.14. The summed E-state index contributed by atoms with van der Waals surface area (Å²) >= 11 is 3.20. The van der Waals surface area contributed by atoms with Gasteiger partial charge in [0.2, 0.25) is 0 Å². The zero-order chi connectivity index (χ0) is 11.5. The summed E-state index contributed by atoms with van der Waals surface area (Å²) in [7, 11) is 0. The molecule has 0 heterocycles. The van der Waals surface area contributed by atoms with Gasteiger partial charge in [0.05, 0.1) is 12.6 Å². The van der Waals surface area contributed by atoms with Crippen LogP contribution >= 0.6 is 15.9 Å². The Kier molecular flexibility index (Phi) is 4.12. The molecule has 2 nitrogen and oxygen atoms in total. The van der Waals surface area contributed by atoms with E-state index in [0.717, 1.165) is 0 Å². The molecule has 0 bridgehead atoms. The van der Waals surface area contributed by atoms with Crippen molar-refractivity contribution in [3.8, 4) is 0 Å². The summed E-state index contributed by atoms with van der Waals surface area (Å²) < 4.78 is 39.6. The summed E-state index contributed by atoms with van der Waals surface area (Å²) in [4.78, 5) is 0. The van der Waals surface area contributed by atoms with E-state index >= 15 is 0 Å². The van der Waals surface area contributed by atoms with Crippen LogP contribution in [-0.4, -0.2) is 13.0 Å². The predicted molar refractivity (Wildman–Crippen MR) is 53.1 cm³/mol. The fourth-order valence-electron chi connectivity index (χ4n) is 1.05. The van der Waals surface area contributed by atoms with Crippen molar-refractivity contribution in [1.29, 1.82) is 0 Å². The van der Waals surface area contributed by atoms with Gasteiger partial charge < -0.3 is 5.73 Å². The van der Waals surface area contributed by atoms with Crippen LogP contribution in [0.3, 0.4) is 0 Å². The first kappa shape index (κ1) is 12.5. The molecule has 6 heteroatoms. The number of alkyl halides is 3. The van der Waals surface area contributed by atoms with Crippen LogP contribution in [0.4, 0.5) is 13.2 Å². The lowest BCUT2D eigenvalue weighted by Crippen LogP contribution is -2.23. The Morgan fingerprint density at radius 2 is 1.93 bits per heavy atom. The van der Waals surface area contributed by atoms with Crippen LogP contribution in [0.1, 0.15) is 11.6 Å². The Labute approximate surface area is 93.3 Å². The summed E-state index contributed by atoms with van der Waals surface area (Å²) in [5.74, 6) is 0. The molecular weight excluding hydrogens is 275 g/mol. The van der Waals surface area contributed by atoms with Crippen molar-refractivity contribution in [1.82, 2.24) is 0 Å². The first-order valence-corrected chi connectivity index (χ1v) is 4.90. The Morgan fingerprint density at radius 3 is 2.47 bits per heavy atom. The van der Waals surface area contributed by atoms with Crippen molar-refractivity contribution in [2.45, 2.75) is 12.4 Å². The van der Waals surface area contributed by atoms with Crippen molar-refractivity contribution in [2.24, 2.45) is 5.73 Å². The number of halogens is 4. The first-order chi connectivity index (χ1) is 6.90. The molecule has 1 atom stereocenters. The van der Waals surface area contributed by atoms with Gasteiger partial charge in [-0.1, -0.05) is 34.1 Å². The molecule has 0 radical (unpaired) electrons. The second kappa shape index (κ2) is 4.96. The number of rotatable bonds is 3.